The fourth-order valence-corrected chi connectivity index (χ4v) is 4.08. The lowest BCUT2D eigenvalue weighted by atomic mass is 10.1. The normalized spacial score (nSPS) is 14.2. The van der Waals surface area contributed by atoms with Crippen molar-refractivity contribution in [2.75, 3.05) is 37.6 Å². The molecule has 0 spiro atoms. The number of carbonyl (C=O) groups excluding carboxylic acids is 2. The van der Waals surface area contributed by atoms with E-state index in [0.717, 1.165) is 30.0 Å². The molecule has 4 rings (SSSR count). The Morgan fingerprint density at radius 1 is 0.971 bits per heavy atom. The first-order chi connectivity index (χ1) is 16.5. The van der Waals surface area contributed by atoms with Crippen LogP contribution in [0.15, 0.2) is 65.3 Å². The highest BCUT2D eigenvalue weighted by molar-refractivity contribution is 5.85. The van der Waals surface area contributed by atoms with E-state index in [1.807, 2.05) is 67.3 Å². The van der Waals surface area contributed by atoms with Gasteiger partial charge in [0.05, 0.1) is 18.5 Å². The summed E-state index contributed by atoms with van der Waals surface area (Å²) in [5, 5.41) is 8.83. The van der Waals surface area contributed by atoms with E-state index in [4.69, 9.17) is 4.42 Å². The van der Waals surface area contributed by atoms with Gasteiger partial charge < -0.3 is 19.1 Å². The standard InChI is InChI=1S/C26H31N5O3/c1-20(2)26(33)31(18-22-10-6-17-34-22)19-25(32)30-14-7-13-29(15-16-30)24-12-11-23(27-28-24)21-8-4-3-5-9-21/h3-6,8-12,17,20H,7,13-16,18-19H2,1-2H3. The van der Waals surface area contributed by atoms with Crippen molar-refractivity contribution in [3.05, 3.63) is 66.6 Å². The van der Waals surface area contributed by atoms with Crippen molar-refractivity contribution >= 4 is 17.6 Å². The molecule has 0 radical (unpaired) electrons. The van der Waals surface area contributed by atoms with Gasteiger partial charge in [0, 0.05) is 37.7 Å². The molecular weight excluding hydrogens is 430 g/mol. The minimum absolute atomic E-state index is 0.0449. The highest BCUT2D eigenvalue weighted by atomic mass is 16.3. The molecule has 0 atom stereocenters. The molecule has 1 saturated heterocycles. The van der Waals surface area contributed by atoms with Gasteiger partial charge in [0.1, 0.15) is 12.3 Å². The van der Waals surface area contributed by atoms with Crippen LogP contribution >= 0.6 is 0 Å². The molecule has 34 heavy (non-hydrogen) atoms. The van der Waals surface area contributed by atoms with E-state index in [9.17, 15) is 9.59 Å². The molecule has 2 amide bonds. The third-order valence-corrected chi connectivity index (χ3v) is 5.95. The van der Waals surface area contributed by atoms with Gasteiger partial charge in [0.25, 0.3) is 0 Å². The molecule has 1 aliphatic heterocycles. The summed E-state index contributed by atoms with van der Waals surface area (Å²) in [5.41, 5.74) is 1.87. The largest absolute Gasteiger partial charge is 0.467 e. The van der Waals surface area contributed by atoms with E-state index in [-0.39, 0.29) is 24.3 Å². The number of hydrogen-bond acceptors (Lipinski definition) is 6. The van der Waals surface area contributed by atoms with Crippen LogP contribution in [0.2, 0.25) is 0 Å². The molecule has 8 heteroatoms. The summed E-state index contributed by atoms with van der Waals surface area (Å²) in [5.74, 6) is 1.17. The second kappa shape index (κ2) is 11.0. The van der Waals surface area contributed by atoms with Gasteiger partial charge in [-0.1, -0.05) is 44.2 Å². The Bertz CT molecular complexity index is 1070. The summed E-state index contributed by atoms with van der Waals surface area (Å²) in [6, 6.07) is 17.5. The quantitative estimate of drug-likeness (QED) is 0.536. The number of rotatable bonds is 7. The molecule has 2 aromatic heterocycles. The van der Waals surface area contributed by atoms with Crippen LogP contribution in [0.5, 0.6) is 0 Å². The number of nitrogens with zero attached hydrogens (tertiary/aromatic N) is 5. The SMILES string of the molecule is CC(C)C(=O)N(CC(=O)N1CCCN(c2ccc(-c3ccccc3)nn2)CC1)Cc1ccco1. The first kappa shape index (κ1) is 23.5. The second-order valence-electron chi connectivity index (χ2n) is 8.79. The Morgan fingerprint density at radius 2 is 1.79 bits per heavy atom. The number of amides is 2. The van der Waals surface area contributed by atoms with E-state index in [1.54, 1.807) is 17.2 Å². The lowest BCUT2D eigenvalue weighted by Gasteiger charge is -2.27. The van der Waals surface area contributed by atoms with Gasteiger partial charge in [0.15, 0.2) is 5.82 Å². The van der Waals surface area contributed by atoms with Crippen LogP contribution in [0.3, 0.4) is 0 Å². The lowest BCUT2D eigenvalue weighted by Crippen LogP contribution is -2.45. The maximum Gasteiger partial charge on any atom is 0.242 e. The average molecular weight is 462 g/mol. The van der Waals surface area contributed by atoms with Crippen molar-refractivity contribution in [3.63, 3.8) is 0 Å². The third-order valence-electron chi connectivity index (χ3n) is 5.95. The van der Waals surface area contributed by atoms with Crippen LogP contribution < -0.4 is 4.90 Å². The van der Waals surface area contributed by atoms with Crippen LogP contribution in [0.25, 0.3) is 11.3 Å². The van der Waals surface area contributed by atoms with E-state index in [2.05, 4.69) is 15.1 Å². The first-order valence-electron chi connectivity index (χ1n) is 11.7. The zero-order chi connectivity index (χ0) is 23.9. The summed E-state index contributed by atoms with van der Waals surface area (Å²) in [7, 11) is 0. The predicted octanol–water partition coefficient (Wildman–Crippen LogP) is 3.46. The summed E-state index contributed by atoms with van der Waals surface area (Å²) >= 11 is 0. The number of hydrogen-bond donors (Lipinski definition) is 0. The zero-order valence-corrected chi connectivity index (χ0v) is 19.8. The third kappa shape index (κ3) is 5.81. The van der Waals surface area contributed by atoms with Gasteiger partial charge in [-0.25, -0.2) is 0 Å². The van der Waals surface area contributed by atoms with E-state index >= 15 is 0 Å². The van der Waals surface area contributed by atoms with Crippen molar-refractivity contribution in [1.82, 2.24) is 20.0 Å². The molecule has 1 fully saturated rings. The Hall–Kier alpha value is -3.68. The summed E-state index contributed by atoms with van der Waals surface area (Å²) < 4.78 is 5.40. The second-order valence-corrected chi connectivity index (χ2v) is 8.79. The lowest BCUT2D eigenvalue weighted by molar-refractivity contribution is -0.143. The fraction of sp³-hybridized carbons (Fsp3) is 0.385. The Morgan fingerprint density at radius 3 is 2.47 bits per heavy atom. The topological polar surface area (TPSA) is 82.8 Å². The highest BCUT2D eigenvalue weighted by Crippen LogP contribution is 2.19. The zero-order valence-electron chi connectivity index (χ0n) is 19.8. The van der Waals surface area contributed by atoms with Crippen molar-refractivity contribution in [3.8, 4) is 11.3 Å². The Balaban J connectivity index is 1.37. The number of furan rings is 1. The molecule has 0 saturated carbocycles. The minimum atomic E-state index is -0.195. The number of anilines is 1. The monoisotopic (exact) mass is 461 g/mol. The number of aromatic nitrogens is 2. The van der Waals surface area contributed by atoms with E-state index < -0.39 is 0 Å². The molecular formula is C26H31N5O3. The van der Waals surface area contributed by atoms with Gasteiger partial charge >= 0.3 is 0 Å². The van der Waals surface area contributed by atoms with E-state index in [1.165, 1.54) is 0 Å². The molecule has 3 aromatic rings. The van der Waals surface area contributed by atoms with Crippen molar-refractivity contribution in [1.29, 1.82) is 0 Å². The molecule has 3 heterocycles. The van der Waals surface area contributed by atoms with Crippen molar-refractivity contribution in [2.45, 2.75) is 26.8 Å². The van der Waals surface area contributed by atoms with Gasteiger partial charge in [0.2, 0.25) is 11.8 Å². The van der Waals surface area contributed by atoms with Gasteiger partial charge in [-0.15, -0.1) is 10.2 Å². The number of carbonyl (C=O) groups is 2. The molecule has 1 aliphatic rings. The summed E-state index contributed by atoms with van der Waals surface area (Å²) in [6.45, 7) is 6.71. The molecule has 1 aromatic carbocycles. The van der Waals surface area contributed by atoms with Gasteiger partial charge in [-0.3, -0.25) is 9.59 Å². The summed E-state index contributed by atoms with van der Waals surface area (Å²) in [4.78, 5) is 31.4. The van der Waals surface area contributed by atoms with Crippen LogP contribution in [-0.4, -0.2) is 64.5 Å². The maximum atomic E-state index is 13.1. The first-order valence-corrected chi connectivity index (χ1v) is 11.7. The molecule has 0 aliphatic carbocycles. The summed E-state index contributed by atoms with van der Waals surface area (Å²) in [6.07, 6.45) is 2.40. The van der Waals surface area contributed by atoms with Gasteiger partial charge in [-0.2, -0.15) is 0 Å². The number of benzene rings is 1. The predicted molar refractivity (Wildman–Crippen MR) is 130 cm³/mol. The average Bonchev–Trinajstić information content (AvgIpc) is 3.25. The highest BCUT2D eigenvalue weighted by Gasteiger charge is 2.26. The van der Waals surface area contributed by atoms with Crippen molar-refractivity contribution in [2.24, 2.45) is 5.92 Å². The van der Waals surface area contributed by atoms with Crippen LogP contribution in [-0.2, 0) is 16.1 Å². The van der Waals surface area contributed by atoms with Crippen molar-refractivity contribution < 1.29 is 14.0 Å². The Labute approximate surface area is 200 Å². The molecule has 8 nitrogen and oxygen atoms in total. The van der Waals surface area contributed by atoms with E-state index in [0.29, 0.717) is 31.9 Å². The van der Waals surface area contributed by atoms with Crippen LogP contribution in [0, 0.1) is 5.92 Å². The molecule has 178 valence electrons. The van der Waals surface area contributed by atoms with Crippen LogP contribution in [0.4, 0.5) is 5.82 Å². The molecule has 0 bridgehead atoms. The minimum Gasteiger partial charge on any atom is -0.467 e. The Kier molecular flexibility index (Phi) is 7.57. The van der Waals surface area contributed by atoms with Gasteiger partial charge in [-0.05, 0) is 30.7 Å². The molecule has 0 N–H and O–H groups in total. The fourth-order valence-electron chi connectivity index (χ4n) is 4.08. The molecule has 0 unspecified atom stereocenters. The maximum absolute atomic E-state index is 13.1. The van der Waals surface area contributed by atoms with Crippen LogP contribution in [0.1, 0.15) is 26.0 Å². The smallest absolute Gasteiger partial charge is 0.242 e.